The second-order valence-electron chi connectivity index (χ2n) is 3.03. The van der Waals surface area contributed by atoms with Crippen LogP contribution in [0, 0.1) is 0 Å². The topological polar surface area (TPSA) is 9.23 Å². The van der Waals surface area contributed by atoms with E-state index in [1.165, 1.54) is 11.1 Å². The average Bonchev–Trinajstić information content (AvgIpc) is 2.39. The van der Waals surface area contributed by atoms with Gasteiger partial charge in [0.05, 0.1) is 0 Å². The van der Waals surface area contributed by atoms with Crippen molar-refractivity contribution >= 4 is 6.08 Å². The molecule has 0 N–H and O–H groups in total. The molecule has 13 heavy (non-hydrogen) atoms. The molecule has 0 aromatic heterocycles. The number of benzene rings is 1. The fourth-order valence-corrected chi connectivity index (χ4v) is 1.56. The zero-order valence-electron chi connectivity index (χ0n) is 7.60. The SMILES string of the molecule is COC1C=CC=Cc2ccccc21. The molecule has 2 rings (SSSR count). The minimum absolute atomic E-state index is 0.0891. The van der Waals surface area contributed by atoms with Gasteiger partial charge in [0.15, 0.2) is 0 Å². The lowest BCUT2D eigenvalue weighted by Crippen LogP contribution is -1.98. The number of hydrogen-bond donors (Lipinski definition) is 0. The van der Waals surface area contributed by atoms with Crippen LogP contribution in [0.25, 0.3) is 6.08 Å². The molecule has 0 radical (unpaired) electrons. The van der Waals surface area contributed by atoms with Crippen LogP contribution in [0.5, 0.6) is 0 Å². The van der Waals surface area contributed by atoms with E-state index in [1.807, 2.05) is 24.3 Å². The molecule has 0 aliphatic heterocycles. The first kappa shape index (κ1) is 8.27. The van der Waals surface area contributed by atoms with E-state index in [4.69, 9.17) is 4.74 Å². The molecule has 1 aliphatic carbocycles. The van der Waals surface area contributed by atoms with E-state index in [2.05, 4.69) is 24.3 Å². The predicted octanol–water partition coefficient (Wildman–Crippen LogP) is 2.96. The molecule has 0 heterocycles. The van der Waals surface area contributed by atoms with Crippen molar-refractivity contribution in [1.29, 1.82) is 0 Å². The molecule has 0 saturated carbocycles. The van der Waals surface area contributed by atoms with Crippen LogP contribution in [0.15, 0.2) is 42.5 Å². The van der Waals surface area contributed by atoms with Gasteiger partial charge in [-0.3, -0.25) is 0 Å². The van der Waals surface area contributed by atoms with Crippen LogP contribution in [-0.2, 0) is 4.74 Å². The van der Waals surface area contributed by atoms with Crippen molar-refractivity contribution in [2.24, 2.45) is 0 Å². The number of methoxy groups -OCH3 is 1. The Morgan fingerprint density at radius 3 is 2.85 bits per heavy atom. The van der Waals surface area contributed by atoms with Crippen LogP contribution < -0.4 is 0 Å². The van der Waals surface area contributed by atoms with Crippen molar-refractivity contribution in [2.75, 3.05) is 7.11 Å². The Hall–Kier alpha value is -1.34. The van der Waals surface area contributed by atoms with E-state index in [0.717, 1.165) is 0 Å². The van der Waals surface area contributed by atoms with Gasteiger partial charge in [0, 0.05) is 7.11 Å². The first-order valence-corrected chi connectivity index (χ1v) is 4.38. The lowest BCUT2D eigenvalue weighted by molar-refractivity contribution is 0.143. The lowest BCUT2D eigenvalue weighted by atomic mass is 10.0. The fourth-order valence-electron chi connectivity index (χ4n) is 1.56. The number of ether oxygens (including phenoxy) is 1. The summed E-state index contributed by atoms with van der Waals surface area (Å²) in [5, 5.41) is 0. The number of rotatable bonds is 1. The number of fused-ring (bicyclic) bond motifs is 1. The maximum Gasteiger partial charge on any atom is 0.101 e. The van der Waals surface area contributed by atoms with E-state index in [0.29, 0.717) is 0 Å². The molecular weight excluding hydrogens is 160 g/mol. The van der Waals surface area contributed by atoms with Crippen molar-refractivity contribution in [3.63, 3.8) is 0 Å². The fraction of sp³-hybridized carbons (Fsp3) is 0.167. The van der Waals surface area contributed by atoms with Gasteiger partial charge in [0.1, 0.15) is 6.10 Å². The smallest absolute Gasteiger partial charge is 0.101 e. The molecule has 66 valence electrons. The average molecular weight is 172 g/mol. The largest absolute Gasteiger partial charge is 0.373 e. The molecule has 0 spiro atoms. The quantitative estimate of drug-likeness (QED) is 0.632. The van der Waals surface area contributed by atoms with Gasteiger partial charge in [-0.25, -0.2) is 0 Å². The number of hydrogen-bond acceptors (Lipinski definition) is 1. The minimum Gasteiger partial charge on any atom is -0.373 e. The maximum atomic E-state index is 5.37. The van der Waals surface area contributed by atoms with Gasteiger partial charge in [-0.05, 0) is 11.1 Å². The Morgan fingerprint density at radius 1 is 1.15 bits per heavy atom. The van der Waals surface area contributed by atoms with Crippen LogP contribution in [-0.4, -0.2) is 7.11 Å². The Labute approximate surface area is 78.3 Å². The zero-order chi connectivity index (χ0) is 9.10. The van der Waals surface area contributed by atoms with E-state index in [9.17, 15) is 0 Å². The second-order valence-corrected chi connectivity index (χ2v) is 3.03. The predicted molar refractivity (Wildman–Crippen MR) is 54.4 cm³/mol. The molecule has 0 fully saturated rings. The highest BCUT2D eigenvalue weighted by Crippen LogP contribution is 2.25. The van der Waals surface area contributed by atoms with Crippen molar-refractivity contribution in [1.82, 2.24) is 0 Å². The summed E-state index contributed by atoms with van der Waals surface area (Å²) in [4.78, 5) is 0. The van der Waals surface area contributed by atoms with Crippen LogP contribution in [0.3, 0.4) is 0 Å². The summed E-state index contributed by atoms with van der Waals surface area (Å²) in [5.41, 5.74) is 2.47. The Bertz CT molecular complexity index is 350. The number of allylic oxidation sites excluding steroid dienone is 2. The van der Waals surface area contributed by atoms with Gasteiger partial charge in [-0.1, -0.05) is 48.6 Å². The van der Waals surface area contributed by atoms with Crippen molar-refractivity contribution in [2.45, 2.75) is 6.10 Å². The van der Waals surface area contributed by atoms with E-state index in [-0.39, 0.29) is 6.10 Å². The molecular formula is C12H12O. The standard InChI is InChI=1S/C12H12O/c1-13-12-9-5-3-7-10-6-2-4-8-11(10)12/h2-9,12H,1H3. The van der Waals surface area contributed by atoms with Gasteiger partial charge < -0.3 is 4.74 Å². The van der Waals surface area contributed by atoms with Gasteiger partial charge in [-0.15, -0.1) is 0 Å². The Kier molecular flexibility index (Phi) is 2.28. The van der Waals surface area contributed by atoms with Gasteiger partial charge in [0.25, 0.3) is 0 Å². The van der Waals surface area contributed by atoms with Crippen molar-refractivity contribution in [3.8, 4) is 0 Å². The molecule has 1 atom stereocenters. The summed E-state index contributed by atoms with van der Waals surface area (Å²) in [6.45, 7) is 0. The van der Waals surface area contributed by atoms with Crippen molar-refractivity contribution in [3.05, 3.63) is 53.6 Å². The molecule has 1 aromatic carbocycles. The molecule has 1 nitrogen and oxygen atoms in total. The van der Waals surface area contributed by atoms with Gasteiger partial charge >= 0.3 is 0 Å². The molecule has 1 aromatic rings. The summed E-state index contributed by atoms with van der Waals surface area (Å²) < 4.78 is 5.37. The highest BCUT2D eigenvalue weighted by molar-refractivity contribution is 5.58. The van der Waals surface area contributed by atoms with E-state index in [1.54, 1.807) is 7.11 Å². The maximum absolute atomic E-state index is 5.37. The van der Waals surface area contributed by atoms with Crippen LogP contribution in [0.1, 0.15) is 17.2 Å². The van der Waals surface area contributed by atoms with Crippen LogP contribution in [0.2, 0.25) is 0 Å². The molecule has 1 unspecified atom stereocenters. The first-order chi connectivity index (χ1) is 6.42. The van der Waals surface area contributed by atoms with E-state index >= 15 is 0 Å². The highest BCUT2D eigenvalue weighted by Gasteiger charge is 2.10. The first-order valence-electron chi connectivity index (χ1n) is 4.38. The molecule has 1 aliphatic rings. The third-order valence-electron chi connectivity index (χ3n) is 2.23. The monoisotopic (exact) mass is 172 g/mol. The highest BCUT2D eigenvalue weighted by atomic mass is 16.5. The Morgan fingerprint density at radius 2 is 2.00 bits per heavy atom. The Balaban J connectivity index is 2.50. The normalized spacial score (nSPS) is 19.6. The van der Waals surface area contributed by atoms with Gasteiger partial charge in [-0.2, -0.15) is 0 Å². The van der Waals surface area contributed by atoms with E-state index < -0.39 is 0 Å². The lowest BCUT2D eigenvalue weighted by Gasteiger charge is -2.12. The van der Waals surface area contributed by atoms with Crippen LogP contribution in [0.4, 0.5) is 0 Å². The zero-order valence-corrected chi connectivity index (χ0v) is 7.60. The summed E-state index contributed by atoms with van der Waals surface area (Å²) in [6, 6.07) is 8.29. The van der Waals surface area contributed by atoms with Gasteiger partial charge in [0.2, 0.25) is 0 Å². The molecule has 1 heteroatoms. The summed E-state index contributed by atoms with van der Waals surface area (Å²) in [6.07, 6.45) is 8.31. The molecule has 0 saturated heterocycles. The third-order valence-corrected chi connectivity index (χ3v) is 2.23. The van der Waals surface area contributed by atoms with Crippen molar-refractivity contribution < 1.29 is 4.74 Å². The third kappa shape index (κ3) is 1.56. The summed E-state index contributed by atoms with van der Waals surface area (Å²) in [7, 11) is 1.73. The summed E-state index contributed by atoms with van der Waals surface area (Å²) in [5.74, 6) is 0. The summed E-state index contributed by atoms with van der Waals surface area (Å²) >= 11 is 0. The molecule has 0 bridgehead atoms. The molecule has 0 amide bonds. The van der Waals surface area contributed by atoms with Crippen LogP contribution >= 0.6 is 0 Å². The second kappa shape index (κ2) is 3.58. The minimum atomic E-state index is 0.0891.